The van der Waals surface area contributed by atoms with Gasteiger partial charge >= 0.3 is 6.55 Å². The Morgan fingerprint density at radius 3 is 2.62 bits per heavy atom. The highest BCUT2D eigenvalue weighted by Gasteiger charge is 2.19. The monoisotopic (exact) mass is 294 g/mol. The molecule has 0 atom stereocenters. The van der Waals surface area contributed by atoms with Crippen LogP contribution >= 0.6 is 0 Å². The molecule has 0 fully saturated rings. The Bertz CT molecular complexity index is 667. The fourth-order valence-corrected chi connectivity index (χ4v) is 2.11. The molecular weight excluding hydrogens is 278 g/mol. The number of para-hydroxylation sites is 2. The molecule has 2 rings (SSSR count). The molecule has 0 aliphatic heterocycles. The van der Waals surface area contributed by atoms with E-state index in [0.717, 1.165) is 0 Å². The number of rotatable bonds is 4. The topological polar surface area (TPSA) is 72.9 Å². The van der Waals surface area contributed by atoms with E-state index in [1.165, 1.54) is 6.92 Å². The number of nitrogens with zero attached hydrogens (tertiary/aromatic N) is 2. The Kier molecular flexibility index (Phi) is 4.21. The van der Waals surface area contributed by atoms with Crippen LogP contribution < -0.4 is 11.1 Å². The lowest BCUT2D eigenvalue weighted by molar-refractivity contribution is -0.115. The molecule has 112 valence electrons. The van der Waals surface area contributed by atoms with Crippen molar-refractivity contribution in [3.05, 3.63) is 41.2 Å². The molecule has 3 N–H and O–H groups in total. The lowest BCUT2D eigenvalue weighted by Gasteiger charge is -2.08. The van der Waals surface area contributed by atoms with E-state index >= 15 is 0 Å². The Balaban J connectivity index is 2.15. The molecule has 0 radical (unpaired) electrons. The summed E-state index contributed by atoms with van der Waals surface area (Å²) in [4.78, 5) is 12.0. The first-order valence-corrected chi connectivity index (χ1v) is 6.37. The van der Waals surface area contributed by atoms with Crippen LogP contribution in [-0.2, 0) is 11.2 Å². The van der Waals surface area contributed by atoms with Crippen LogP contribution in [0.1, 0.15) is 23.5 Å². The number of hydrogen-bond donors (Lipinski definition) is 2. The van der Waals surface area contributed by atoms with Gasteiger partial charge in [-0.15, -0.1) is 0 Å². The van der Waals surface area contributed by atoms with Crippen molar-refractivity contribution >= 4 is 17.3 Å². The number of amides is 1. The number of aromatic nitrogens is 2. The number of halogens is 2. The molecule has 1 amide bonds. The van der Waals surface area contributed by atoms with Gasteiger partial charge in [0.15, 0.2) is 0 Å². The zero-order valence-corrected chi connectivity index (χ0v) is 11.7. The Labute approximate surface area is 120 Å². The second-order valence-electron chi connectivity index (χ2n) is 4.68. The fourth-order valence-electron chi connectivity index (χ4n) is 2.11. The minimum Gasteiger partial charge on any atom is -0.397 e. The lowest BCUT2D eigenvalue weighted by Crippen LogP contribution is -2.16. The maximum Gasteiger partial charge on any atom is 0.333 e. The number of nitrogen functional groups attached to an aromatic ring is 1. The van der Waals surface area contributed by atoms with E-state index in [-0.39, 0.29) is 12.3 Å². The fraction of sp³-hybridized carbons (Fsp3) is 0.286. The van der Waals surface area contributed by atoms with Crippen molar-refractivity contribution in [3.8, 4) is 0 Å². The van der Waals surface area contributed by atoms with Crippen LogP contribution in [0.5, 0.6) is 0 Å². The molecule has 5 nitrogen and oxygen atoms in total. The van der Waals surface area contributed by atoms with Gasteiger partial charge in [-0.1, -0.05) is 12.1 Å². The van der Waals surface area contributed by atoms with E-state index in [9.17, 15) is 13.6 Å². The van der Waals surface area contributed by atoms with Crippen LogP contribution in [-0.4, -0.2) is 15.7 Å². The molecule has 1 aromatic carbocycles. The SMILES string of the molecule is Cc1nn(C(F)F)c(C)c1CC(=O)Nc1ccccc1N. The average Bonchev–Trinajstić information content (AvgIpc) is 2.69. The standard InChI is InChI=1S/C14H16F2N4O/c1-8-10(9(2)20(19-8)14(15)16)7-13(21)18-12-6-4-3-5-11(12)17/h3-6,14H,7,17H2,1-2H3,(H,18,21). The van der Waals surface area contributed by atoms with Crippen molar-refractivity contribution in [2.24, 2.45) is 0 Å². The van der Waals surface area contributed by atoms with Gasteiger partial charge in [-0.25, -0.2) is 4.68 Å². The number of aryl methyl sites for hydroxylation is 1. The average molecular weight is 294 g/mol. The van der Waals surface area contributed by atoms with Crippen LogP contribution in [0.25, 0.3) is 0 Å². The van der Waals surface area contributed by atoms with Crippen molar-refractivity contribution in [2.45, 2.75) is 26.8 Å². The van der Waals surface area contributed by atoms with E-state index in [4.69, 9.17) is 5.73 Å². The van der Waals surface area contributed by atoms with Gasteiger partial charge in [-0.2, -0.15) is 13.9 Å². The van der Waals surface area contributed by atoms with Crippen molar-refractivity contribution in [1.29, 1.82) is 0 Å². The maximum atomic E-state index is 12.7. The van der Waals surface area contributed by atoms with E-state index < -0.39 is 6.55 Å². The summed E-state index contributed by atoms with van der Waals surface area (Å²) < 4.78 is 26.1. The lowest BCUT2D eigenvalue weighted by atomic mass is 10.1. The molecule has 0 bridgehead atoms. The number of carbonyl (C=O) groups excluding carboxylic acids is 1. The van der Waals surface area contributed by atoms with Crippen molar-refractivity contribution in [2.75, 3.05) is 11.1 Å². The largest absolute Gasteiger partial charge is 0.397 e. The number of nitrogens with two attached hydrogens (primary N) is 1. The third kappa shape index (κ3) is 3.18. The Hall–Kier alpha value is -2.44. The van der Waals surface area contributed by atoms with Crippen LogP contribution in [0.2, 0.25) is 0 Å². The molecule has 0 unspecified atom stereocenters. The molecule has 1 aromatic heterocycles. The van der Waals surface area contributed by atoms with Gasteiger partial charge in [0.05, 0.1) is 23.5 Å². The van der Waals surface area contributed by atoms with Gasteiger partial charge in [-0.05, 0) is 26.0 Å². The van der Waals surface area contributed by atoms with E-state index in [2.05, 4.69) is 10.4 Å². The number of hydrogen-bond acceptors (Lipinski definition) is 3. The Morgan fingerprint density at radius 2 is 2.05 bits per heavy atom. The molecule has 7 heteroatoms. The van der Waals surface area contributed by atoms with Crippen molar-refractivity contribution in [1.82, 2.24) is 9.78 Å². The summed E-state index contributed by atoms with van der Waals surface area (Å²) in [6, 6.07) is 6.85. The van der Waals surface area contributed by atoms with Gasteiger partial charge in [0.2, 0.25) is 5.91 Å². The molecule has 0 aliphatic carbocycles. The normalized spacial score (nSPS) is 10.9. The summed E-state index contributed by atoms with van der Waals surface area (Å²) in [5.74, 6) is -0.326. The van der Waals surface area contributed by atoms with Crippen molar-refractivity contribution in [3.63, 3.8) is 0 Å². The highest BCUT2D eigenvalue weighted by atomic mass is 19.3. The van der Waals surface area contributed by atoms with Crippen LogP contribution in [0, 0.1) is 13.8 Å². The molecule has 0 saturated carbocycles. The third-order valence-electron chi connectivity index (χ3n) is 3.23. The number of alkyl halides is 2. The molecule has 21 heavy (non-hydrogen) atoms. The first kappa shape index (κ1) is 15.0. The van der Waals surface area contributed by atoms with Gasteiger partial charge in [0, 0.05) is 11.3 Å². The van der Waals surface area contributed by atoms with E-state index in [1.54, 1.807) is 31.2 Å². The van der Waals surface area contributed by atoms with Gasteiger partial charge < -0.3 is 11.1 Å². The van der Waals surface area contributed by atoms with Gasteiger partial charge in [0.1, 0.15) is 0 Å². The molecule has 0 spiro atoms. The second-order valence-corrected chi connectivity index (χ2v) is 4.68. The summed E-state index contributed by atoms with van der Waals surface area (Å²) in [6.45, 7) is 0.405. The smallest absolute Gasteiger partial charge is 0.333 e. The number of carbonyl (C=O) groups is 1. The van der Waals surface area contributed by atoms with Crippen molar-refractivity contribution < 1.29 is 13.6 Å². The first-order valence-electron chi connectivity index (χ1n) is 6.37. The number of benzene rings is 1. The second kappa shape index (κ2) is 5.90. The van der Waals surface area contributed by atoms with Gasteiger partial charge in [0.25, 0.3) is 0 Å². The maximum absolute atomic E-state index is 12.7. The summed E-state index contributed by atoms with van der Waals surface area (Å²) in [7, 11) is 0. The zero-order chi connectivity index (χ0) is 15.6. The minimum absolute atomic E-state index is 0.0290. The van der Waals surface area contributed by atoms with Crippen LogP contribution in [0.15, 0.2) is 24.3 Å². The summed E-state index contributed by atoms with van der Waals surface area (Å²) in [6.07, 6.45) is -0.0290. The molecular formula is C14H16F2N4O. The minimum atomic E-state index is -2.72. The van der Waals surface area contributed by atoms with E-state index in [0.29, 0.717) is 33.0 Å². The van der Waals surface area contributed by atoms with Gasteiger partial charge in [-0.3, -0.25) is 4.79 Å². The summed E-state index contributed by atoms with van der Waals surface area (Å²) in [5.41, 5.74) is 7.89. The molecule has 2 aromatic rings. The summed E-state index contributed by atoms with van der Waals surface area (Å²) in [5, 5.41) is 6.41. The first-order chi connectivity index (χ1) is 9.90. The van der Waals surface area contributed by atoms with Crippen LogP contribution in [0.3, 0.4) is 0 Å². The quantitative estimate of drug-likeness (QED) is 0.851. The molecule has 0 saturated heterocycles. The molecule has 0 aliphatic rings. The number of nitrogens with one attached hydrogen (secondary N) is 1. The highest BCUT2D eigenvalue weighted by molar-refractivity contribution is 5.95. The highest BCUT2D eigenvalue weighted by Crippen LogP contribution is 2.21. The summed E-state index contributed by atoms with van der Waals surface area (Å²) >= 11 is 0. The van der Waals surface area contributed by atoms with Crippen LogP contribution in [0.4, 0.5) is 20.2 Å². The predicted molar refractivity (Wildman–Crippen MR) is 76.1 cm³/mol. The number of anilines is 2. The predicted octanol–water partition coefficient (Wildman–Crippen LogP) is 2.66. The Morgan fingerprint density at radius 1 is 1.38 bits per heavy atom. The molecule has 1 heterocycles. The zero-order valence-electron chi connectivity index (χ0n) is 11.7. The van der Waals surface area contributed by atoms with E-state index in [1.807, 2.05) is 0 Å². The third-order valence-corrected chi connectivity index (χ3v) is 3.23.